The summed E-state index contributed by atoms with van der Waals surface area (Å²) in [4.78, 5) is 48.8. The Morgan fingerprint density at radius 2 is 1.97 bits per heavy atom. The van der Waals surface area contributed by atoms with Gasteiger partial charge in [0.25, 0.3) is 0 Å². The molecule has 5 rings (SSSR count). The minimum Gasteiger partial charge on any atom is -0.461 e. The zero-order valence-electron chi connectivity index (χ0n) is 17.8. The fraction of sp³-hybridized carbons (Fsp3) is 0.571. The first-order chi connectivity index (χ1) is 16.1. The maximum atomic E-state index is 13.2. The second-order valence-corrected chi connectivity index (χ2v) is 9.12. The van der Waals surface area contributed by atoms with Crippen LogP contribution in [0, 0.1) is 29.6 Å². The van der Waals surface area contributed by atoms with E-state index in [1.807, 2.05) is 0 Å². The van der Waals surface area contributed by atoms with Gasteiger partial charge in [0, 0.05) is 25.2 Å². The Labute approximate surface area is 196 Å². The van der Waals surface area contributed by atoms with Crippen molar-refractivity contribution in [2.24, 2.45) is 34.7 Å². The molecule has 0 spiro atoms. The fourth-order valence-corrected chi connectivity index (χ4v) is 6.02. The normalized spacial score (nSPS) is 31.3. The molecule has 9 nitrogen and oxygen atoms in total. The van der Waals surface area contributed by atoms with Gasteiger partial charge in [-0.15, -0.1) is 0 Å². The lowest BCUT2D eigenvalue weighted by Crippen LogP contribution is -2.42. The van der Waals surface area contributed by atoms with E-state index in [-0.39, 0.29) is 65.8 Å². The van der Waals surface area contributed by atoms with Crippen LogP contribution in [0.2, 0.25) is 5.02 Å². The number of imide groups is 1. The van der Waals surface area contributed by atoms with Crippen molar-refractivity contribution in [3.8, 4) is 0 Å². The molecular formula is C21H20ClF3N4O5. The highest BCUT2D eigenvalue weighted by Gasteiger charge is 2.70. The highest BCUT2D eigenvalue weighted by molar-refractivity contribution is 6.38. The summed E-state index contributed by atoms with van der Waals surface area (Å²) in [5, 5.41) is 6.45. The van der Waals surface area contributed by atoms with E-state index < -0.39 is 35.6 Å². The molecule has 182 valence electrons. The van der Waals surface area contributed by atoms with Gasteiger partial charge in [-0.3, -0.25) is 14.5 Å². The topological polar surface area (TPSA) is 110 Å². The molecular weight excluding hydrogens is 481 g/mol. The molecule has 1 aromatic heterocycles. The lowest BCUT2D eigenvalue weighted by Gasteiger charge is -2.29. The molecule has 2 amide bonds. The molecule has 1 aromatic rings. The number of alkyl halides is 3. The summed E-state index contributed by atoms with van der Waals surface area (Å²) in [7, 11) is 0. The number of ether oxygens (including phenoxy) is 1. The highest BCUT2D eigenvalue weighted by atomic mass is 35.5. The molecule has 2 aliphatic carbocycles. The zero-order valence-corrected chi connectivity index (χ0v) is 18.6. The molecule has 2 aliphatic heterocycles. The first kappa shape index (κ1) is 22.9. The van der Waals surface area contributed by atoms with Crippen molar-refractivity contribution >= 4 is 40.9 Å². The molecule has 13 heteroatoms. The molecule has 0 unspecified atom stereocenters. The van der Waals surface area contributed by atoms with Crippen LogP contribution in [-0.4, -0.2) is 59.2 Å². The zero-order chi connectivity index (χ0) is 24.4. The average molecular weight is 501 g/mol. The standard InChI is InChI=1S/C21H20ClF3N4O5/c1-2-33-20(32)15-14-9-6-10(16(14)34-28-15)13-12(9)18(30)29(19(13)31)4-3-26-17-11(22)5-8(7-27-17)21(23,24)25/h5,7,9-10,12-14,16H,2-4,6H2,1H3,(H,26,27)/t9-,10+,12-,13-,14-,16+/m0/s1. The van der Waals surface area contributed by atoms with E-state index >= 15 is 0 Å². The van der Waals surface area contributed by atoms with Gasteiger partial charge in [0.05, 0.1) is 34.9 Å². The number of nitrogens with one attached hydrogen (secondary N) is 1. The Kier molecular flexibility index (Phi) is 5.45. The van der Waals surface area contributed by atoms with Gasteiger partial charge in [-0.25, -0.2) is 9.78 Å². The van der Waals surface area contributed by atoms with Crippen molar-refractivity contribution in [3.05, 3.63) is 22.8 Å². The molecule has 2 bridgehead atoms. The molecule has 2 saturated carbocycles. The van der Waals surface area contributed by atoms with Crippen molar-refractivity contribution in [2.45, 2.75) is 25.6 Å². The summed E-state index contributed by atoms with van der Waals surface area (Å²) >= 11 is 5.89. The number of hydrogen-bond donors (Lipinski definition) is 1. The van der Waals surface area contributed by atoms with E-state index in [1.165, 1.54) is 0 Å². The number of nitrogens with zero attached hydrogens (tertiary/aromatic N) is 3. The van der Waals surface area contributed by atoms with Crippen molar-refractivity contribution < 1.29 is 37.1 Å². The molecule has 6 atom stereocenters. The predicted molar refractivity (Wildman–Crippen MR) is 110 cm³/mol. The van der Waals surface area contributed by atoms with Gasteiger partial charge < -0.3 is 14.9 Å². The van der Waals surface area contributed by atoms with Gasteiger partial charge in [-0.05, 0) is 25.3 Å². The van der Waals surface area contributed by atoms with Gasteiger partial charge in [0.2, 0.25) is 11.8 Å². The largest absolute Gasteiger partial charge is 0.461 e. The third-order valence-corrected chi connectivity index (χ3v) is 7.35. The molecule has 3 heterocycles. The lowest BCUT2D eigenvalue weighted by molar-refractivity contribution is -0.141. The molecule has 3 fully saturated rings. The number of pyridine rings is 1. The minimum atomic E-state index is -4.57. The summed E-state index contributed by atoms with van der Waals surface area (Å²) in [5.74, 6) is -3.15. The summed E-state index contributed by atoms with van der Waals surface area (Å²) in [6, 6.07) is 0.757. The number of likely N-dealkylation sites (tertiary alicyclic amines) is 1. The number of amides is 2. The number of halogens is 4. The number of oxime groups is 1. The summed E-state index contributed by atoms with van der Waals surface area (Å²) < 4.78 is 43.4. The van der Waals surface area contributed by atoms with Crippen molar-refractivity contribution in [2.75, 3.05) is 25.0 Å². The Morgan fingerprint density at radius 3 is 2.62 bits per heavy atom. The molecule has 1 N–H and O–H groups in total. The van der Waals surface area contributed by atoms with Gasteiger partial charge in [-0.1, -0.05) is 16.8 Å². The Hall–Kier alpha value is -2.89. The smallest absolute Gasteiger partial charge is 0.417 e. The maximum Gasteiger partial charge on any atom is 0.417 e. The number of aromatic nitrogens is 1. The second kappa shape index (κ2) is 8.10. The number of rotatable bonds is 6. The molecule has 4 aliphatic rings. The summed E-state index contributed by atoms with van der Waals surface area (Å²) in [6.07, 6.45) is -3.75. The molecule has 34 heavy (non-hydrogen) atoms. The SMILES string of the molecule is CCOC(=O)C1=NO[C@@H]2[C@@H]3C[C@H]([C@@H]12)[C@@H]1C(=O)N(CCNc2ncc(C(F)(F)F)cc2Cl)C(=O)[C@@H]31. The third kappa shape index (κ3) is 3.41. The van der Waals surface area contributed by atoms with Crippen molar-refractivity contribution in [1.29, 1.82) is 0 Å². The Morgan fingerprint density at radius 1 is 1.26 bits per heavy atom. The van der Waals surface area contributed by atoms with Gasteiger partial charge in [0.1, 0.15) is 11.9 Å². The van der Waals surface area contributed by atoms with Crippen LogP contribution in [0.3, 0.4) is 0 Å². The van der Waals surface area contributed by atoms with Crippen LogP contribution in [0.1, 0.15) is 18.9 Å². The van der Waals surface area contributed by atoms with Crippen molar-refractivity contribution in [1.82, 2.24) is 9.88 Å². The van der Waals surface area contributed by atoms with Crippen LogP contribution in [0.25, 0.3) is 0 Å². The van der Waals surface area contributed by atoms with E-state index in [4.69, 9.17) is 21.2 Å². The van der Waals surface area contributed by atoms with Crippen LogP contribution in [0.4, 0.5) is 19.0 Å². The van der Waals surface area contributed by atoms with Gasteiger partial charge in [-0.2, -0.15) is 13.2 Å². The number of hydrogen-bond acceptors (Lipinski definition) is 8. The number of carbonyl (C=O) groups is 3. The first-order valence-electron chi connectivity index (χ1n) is 10.9. The highest BCUT2D eigenvalue weighted by Crippen LogP contribution is 2.61. The van der Waals surface area contributed by atoms with Gasteiger partial charge >= 0.3 is 12.1 Å². The number of esters is 1. The quantitative estimate of drug-likeness (QED) is 0.471. The minimum absolute atomic E-state index is 0.00183. The number of fused-ring (bicyclic) bond motifs is 8. The van der Waals surface area contributed by atoms with E-state index in [2.05, 4.69) is 15.5 Å². The van der Waals surface area contributed by atoms with Crippen LogP contribution in [0.5, 0.6) is 0 Å². The average Bonchev–Trinajstić information content (AvgIpc) is 3.50. The van der Waals surface area contributed by atoms with Crippen LogP contribution in [0.15, 0.2) is 17.4 Å². The Balaban J connectivity index is 1.25. The van der Waals surface area contributed by atoms with Crippen LogP contribution >= 0.6 is 11.6 Å². The molecule has 0 aromatic carbocycles. The van der Waals surface area contributed by atoms with Crippen molar-refractivity contribution in [3.63, 3.8) is 0 Å². The van der Waals surface area contributed by atoms with E-state index in [9.17, 15) is 27.6 Å². The first-order valence-corrected chi connectivity index (χ1v) is 11.2. The number of carbonyl (C=O) groups excluding carboxylic acids is 3. The van der Waals surface area contributed by atoms with Gasteiger partial charge in [0.15, 0.2) is 5.71 Å². The fourth-order valence-electron chi connectivity index (χ4n) is 5.79. The molecule has 0 radical (unpaired) electrons. The maximum absolute atomic E-state index is 13.2. The molecule has 1 saturated heterocycles. The van der Waals surface area contributed by atoms with Crippen LogP contribution in [-0.2, 0) is 30.1 Å². The van der Waals surface area contributed by atoms with Crippen LogP contribution < -0.4 is 5.32 Å². The monoisotopic (exact) mass is 500 g/mol. The Bertz CT molecular complexity index is 1100. The third-order valence-electron chi connectivity index (χ3n) is 7.06. The summed E-state index contributed by atoms with van der Waals surface area (Å²) in [6.45, 7) is 1.92. The van der Waals surface area contributed by atoms with E-state index in [0.29, 0.717) is 12.6 Å². The van der Waals surface area contributed by atoms with E-state index in [1.54, 1.807) is 6.92 Å². The number of anilines is 1. The summed E-state index contributed by atoms with van der Waals surface area (Å²) in [5.41, 5.74) is -0.809. The predicted octanol–water partition coefficient (Wildman–Crippen LogP) is 2.35. The lowest BCUT2D eigenvalue weighted by atomic mass is 9.72. The van der Waals surface area contributed by atoms with E-state index in [0.717, 1.165) is 11.0 Å². The second-order valence-electron chi connectivity index (χ2n) is 8.71.